The zero-order valence-electron chi connectivity index (χ0n) is 16.3. The van der Waals surface area contributed by atoms with Crippen molar-refractivity contribution in [3.8, 4) is 0 Å². The molecule has 3 rings (SSSR count). The Balaban J connectivity index is 1.60. The minimum absolute atomic E-state index is 0.320. The normalized spacial score (nSPS) is 22.4. The lowest BCUT2D eigenvalue weighted by molar-refractivity contribution is 0.251. The first kappa shape index (κ1) is 20.3. The molecule has 7 heteroatoms. The van der Waals surface area contributed by atoms with Gasteiger partial charge in [-0.05, 0) is 67.0 Å². The highest BCUT2D eigenvalue weighted by Crippen LogP contribution is 2.35. The van der Waals surface area contributed by atoms with Gasteiger partial charge in [-0.3, -0.25) is 4.98 Å². The number of benzene rings is 1. The average molecular weight is 402 g/mol. The molecule has 6 nitrogen and oxygen atoms in total. The lowest BCUT2D eigenvalue weighted by Gasteiger charge is -2.31. The summed E-state index contributed by atoms with van der Waals surface area (Å²) in [6, 6.07) is 9.75. The molecule has 2 unspecified atom stereocenters. The summed E-state index contributed by atoms with van der Waals surface area (Å²) >= 11 is 0. The van der Waals surface area contributed by atoms with Gasteiger partial charge in [0.25, 0.3) is 0 Å². The third kappa shape index (κ3) is 5.10. The van der Waals surface area contributed by atoms with E-state index in [-0.39, 0.29) is 11.3 Å². The van der Waals surface area contributed by atoms with Crippen molar-refractivity contribution in [3.63, 3.8) is 0 Å². The molecule has 2 N–H and O–H groups in total. The molecule has 0 bridgehead atoms. The van der Waals surface area contributed by atoms with E-state index < -0.39 is 9.84 Å². The molecule has 2 atom stereocenters. The van der Waals surface area contributed by atoms with E-state index >= 15 is 0 Å². The molecule has 1 aliphatic carbocycles. The summed E-state index contributed by atoms with van der Waals surface area (Å²) in [4.78, 5) is 16.3. The summed E-state index contributed by atoms with van der Waals surface area (Å²) in [6.07, 6.45) is 5.87. The molecule has 0 spiro atoms. The second-order valence-electron chi connectivity index (χ2n) is 7.78. The lowest BCUT2D eigenvalue weighted by atomic mass is 9.83. The Kier molecular flexibility index (Phi) is 6.34. The van der Waals surface area contributed by atoms with Gasteiger partial charge in [-0.1, -0.05) is 19.9 Å². The molecule has 1 heterocycles. The summed E-state index contributed by atoms with van der Waals surface area (Å²) < 4.78 is 25.9. The van der Waals surface area contributed by atoms with Crippen LogP contribution in [0.15, 0.2) is 53.7 Å². The third-order valence-electron chi connectivity index (χ3n) is 5.19. The maximum absolute atomic E-state index is 13.0. The zero-order chi connectivity index (χ0) is 20.1. The second-order valence-corrected chi connectivity index (χ2v) is 10.0. The first-order valence-electron chi connectivity index (χ1n) is 9.62. The fourth-order valence-corrected chi connectivity index (χ4v) is 5.97. The van der Waals surface area contributed by atoms with Crippen LogP contribution in [0.25, 0.3) is 0 Å². The van der Waals surface area contributed by atoms with Gasteiger partial charge >= 0.3 is 6.03 Å². The number of carbonyl (C=O) groups excluding carboxylic acids is 1. The molecule has 0 aliphatic heterocycles. The number of pyridine rings is 1. The number of anilines is 1. The lowest BCUT2D eigenvalue weighted by Crippen LogP contribution is -2.31. The molecule has 0 saturated heterocycles. The number of nitrogens with zero attached hydrogens (tertiary/aromatic N) is 1. The molecule has 2 aromatic rings. The standard InChI is InChI=1S/C21H27N3O3S/c1-15-10-16(2)12-20(11-15)28(26,27)19-7-5-18(6-8-19)24-21(25)23-14-17-4-3-9-22-13-17/h3-9,13,15-16,20H,10-12,14H2,1-2H3,(H2,23,24,25). The van der Waals surface area contributed by atoms with Gasteiger partial charge in [0.15, 0.2) is 9.84 Å². The smallest absolute Gasteiger partial charge is 0.319 e. The predicted molar refractivity (Wildman–Crippen MR) is 110 cm³/mol. The van der Waals surface area contributed by atoms with Crippen LogP contribution >= 0.6 is 0 Å². The van der Waals surface area contributed by atoms with Gasteiger partial charge in [-0.2, -0.15) is 0 Å². The minimum Gasteiger partial charge on any atom is -0.334 e. The van der Waals surface area contributed by atoms with Crippen molar-refractivity contribution < 1.29 is 13.2 Å². The van der Waals surface area contributed by atoms with Crippen LogP contribution in [0, 0.1) is 11.8 Å². The highest BCUT2D eigenvalue weighted by atomic mass is 32.2. The van der Waals surface area contributed by atoms with Crippen LogP contribution in [0.1, 0.15) is 38.7 Å². The molecule has 1 saturated carbocycles. The van der Waals surface area contributed by atoms with Gasteiger partial charge in [0.05, 0.1) is 10.1 Å². The number of sulfone groups is 1. The number of amides is 2. The van der Waals surface area contributed by atoms with E-state index in [2.05, 4.69) is 29.5 Å². The van der Waals surface area contributed by atoms with E-state index in [9.17, 15) is 13.2 Å². The molecule has 1 aromatic heterocycles. The van der Waals surface area contributed by atoms with Crippen molar-refractivity contribution in [2.75, 3.05) is 5.32 Å². The summed E-state index contributed by atoms with van der Waals surface area (Å²) in [5.41, 5.74) is 1.45. The van der Waals surface area contributed by atoms with Crippen molar-refractivity contribution >= 4 is 21.6 Å². The van der Waals surface area contributed by atoms with Gasteiger partial charge in [0, 0.05) is 24.6 Å². The van der Waals surface area contributed by atoms with Gasteiger partial charge in [0.1, 0.15) is 0 Å². The highest BCUT2D eigenvalue weighted by Gasteiger charge is 2.34. The molecular formula is C21H27N3O3S. The molecule has 2 amide bonds. The number of rotatable bonds is 5. The number of carbonyl (C=O) groups is 1. The van der Waals surface area contributed by atoms with Crippen molar-refractivity contribution in [2.45, 2.75) is 49.8 Å². The second kappa shape index (κ2) is 8.73. The molecule has 1 aromatic carbocycles. The number of urea groups is 1. The maximum atomic E-state index is 13.0. The van der Waals surface area contributed by atoms with E-state index in [0.29, 0.717) is 41.8 Å². The topological polar surface area (TPSA) is 88.2 Å². The fraction of sp³-hybridized carbons (Fsp3) is 0.429. The summed E-state index contributed by atoms with van der Waals surface area (Å²) in [6.45, 7) is 4.61. The van der Waals surface area contributed by atoms with E-state index in [4.69, 9.17) is 0 Å². The summed E-state index contributed by atoms with van der Waals surface area (Å²) in [5.74, 6) is 0.848. The largest absolute Gasteiger partial charge is 0.334 e. The predicted octanol–water partition coefficient (Wildman–Crippen LogP) is 4.00. The first-order chi connectivity index (χ1) is 13.3. The Labute approximate surface area is 166 Å². The molecule has 0 radical (unpaired) electrons. The summed E-state index contributed by atoms with van der Waals surface area (Å²) in [7, 11) is -3.35. The van der Waals surface area contributed by atoms with Gasteiger partial charge in [-0.25, -0.2) is 13.2 Å². The first-order valence-corrected chi connectivity index (χ1v) is 11.2. The van der Waals surface area contributed by atoms with Crippen molar-refractivity contribution in [2.24, 2.45) is 11.8 Å². The molecule has 1 fully saturated rings. The van der Waals surface area contributed by atoms with Crippen molar-refractivity contribution in [3.05, 3.63) is 54.4 Å². The Bertz CT molecular complexity index is 888. The summed E-state index contributed by atoms with van der Waals surface area (Å²) in [5, 5.41) is 5.14. The number of nitrogens with one attached hydrogen (secondary N) is 2. The molecule has 28 heavy (non-hydrogen) atoms. The van der Waals surface area contributed by atoms with Crippen LogP contribution in [0.4, 0.5) is 10.5 Å². The number of hydrogen-bond donors (Lipinski definition) is 2. The third-order valence-corrected chi connectivity index (χ3v) is 7.38. The Morgan fingerprint density at radius 2 is 1.75 bits per heavy atom. The van der Waals surface area contributed by atoms with E-state index in [1.807, 2.05) is 12.1 Å². The average Bonchev–Trinajstić information content (AvgIpc) is 2.67. The minimum atomic E-state index is -3.35. The number of aromatic nitrogens is 1. The van der Waals surface area contributed by atoms with Gasteiger partial charge in [0.2, 0.25) is 0 Å². The van der Waals surface area contributed by atoms with E-state index in [0.717, 1.165) is 12.0 Å². The van der Waals surface area contributed by atoms with Crippen LogP contribution < -0.4 is 10.6 Å². The highest BCUT2D eigenvalue weighted by molar-refractivity contribution is 7.92. The molecular weight excluding hydrogens is 374 g/mol. The fourth-order valence-electron chi connectivity index (χ4n) is 3.91. The van der Waals surface area contributed by atoms with Gasteiger partial charge < -0.3 is 10.6 Å². The Hall–Kier alpha value is -2.41. The van der Waals surface area contributed by atoms with Crippen LogP contribution in [0.3, 0.4) is 0 Å². The SMILES string of the molecule is CC1CC(C)CC(S(=O)(=O)c2ccc(NC(=O)NCc3cccnc3)cc2)C1. The van der Waals surface area contributed by atoms with Crippen molar-refractivity contribution in [1.29, 1.82) is 0 Å². The Morgan fingerprint density at radius 1 is 1.07 bits per heavy atom. The van der Waals surface area contributed by atoms with Crippen LogP contribution in [-0.4, -0.2) is 24.7 Å². The quantitative estimate of drug-likeness (QED) is 0.792. The van der Waals surface area contributed by atoms with E-state index in [1.54, 1.807) is 36.7 Å². The number of hydrogen-bond acceptors (Lipinski definition) is 4. The van der Waals surface area contributed by atoms with Crippen LogP contribution in [-0.2, 0) is 16.4 Å². The van der Waals surface area contributed by atoms with Gasteiger partial charge in [-0.15, -0.1) is 0 Å². The maximum Gasteiger partial charge on any atom is 0.319 e. The van der Waals surface area contributed by atoms with Crippen LogP contribution in [0.5, 0.6) is 0 Å². The molecule has 1 aliphatic rings. The van der Waals surface area contributed by atoms with Crippen molar-refractivity contribution in [1.82, 2.24) is 10.3 Å². The van der Waals surface area contributed by atoms with E-state index in [1.165, 1.54) is 0 Å². The monoisotopic (exact) mass is 401 g/mol. The Morgan fingerprint density at radius 3 is 2.36 bits per heavy atom. The zero-order valence-corrected chi connectivity index (χ0v) is 17.1. The molecule has 150 valence electrons. The van der Waals surface area contributed by atoms with Crippen LogP contribution in [0.2, 0.25) is 0 Å².